The zero-order valence-corrected chi connectivity index (χ0v) is 11.1. The molecule has 18 heavy (non-hydrogen) atoms. The van der Waals surface area contributed by atoms with Crippen molar-refractivity contribution in [1.29, 1.82) is 0 Å². The molecule has 1 amide bonds. The summed E-state index contributed by atoms with van der Waals surface area (Å²) in [5, 5.41) is 7.99. The fourth-order valence-corrected chi connectivity index (χ4v) is 2.24. The van der Waals surface area contributed by atoms with Crippen molar-refractivity contribution in [2.45, 2.75) is 13.5 Å². The summed E-state index contributed by atoms with van der Waals surface area (Å²) in [5.74, 6) is 0.00454. The van der Waals surface area contributed by atoms with Crippen molar-refractivity contribution < 1.29 is 4.79 Å². The average molecular weight is 260 g/mol. The van der Waals surface area contributed by atoms with Gasteiger partial charge in [-0.15, -0.1) is 11.3 Å². The Bertz CT molecular complexity index is 508. The lowest BCUT2D eigenvalue weighted by molar-refractivity contribution is -0.119. The summed E-state index contributed by atoms with van der Waals surface area (Å²) in [6, 6.07) is 12.0. The van der Waals surface area contributed by atoms with Gasteiger partial charge in [0.2, 0.25) is 5.91 Å². The average Bonchev–Trinajstić information content (AvgIpc) is 2.87. The number of thiophene rings is 1. The van der Waals surface area contributed by atoms with Gasteiger partial charge in [0.05, 0.1) is 13.1 Å². The normalized spacial score (nSPS) is 10.1. The van der Waals surface area contributed by atoms with Crippen LogP contribution < -0.4 is 10.6 Å². The van der Waals surface area contributed by atoms with Crippen molar-refractivity contribution in [2.24, 2.45) is 0 Å². The van der Waals surface area contributed by atoms with Gasteiger partial charge in [-0.2, -0.15) is 0 Å². The van der Waals surface area contributed by atoms with Crippen LogP contribution in [0.1, 0.15) is 10.4 Å². The van der Waals surface area contributed by atoms with E-state index in [0.717, 1.165) is 5.69 Å². The number of rotatable bonds is 5. The molecule has 3 nitrogen and oxygen atoms in total. The highest BCUT2D eigenvalue weighted by molar-refractivity contribution is 7.09. The molecule has 1 heterocycles. The van der Waals surface area contributed by atoms with Gasteiger partial charge in [-0.05, 0) is 36.1 Å². The Kier molecular flexibility index (Phi) is 4.36. The monoisotopic (exact) mass is 260 g/mol. The first-order valence-electron chi connectivity index (χ1n) is 5.83. The van der Waals surface area contributed by atoms with E-state index >= 15 is 0 Å². The minimum Gasteiger partial charge on any atom is -0.376 e. The fourth-order valence-electron chi connectivity index (χ4n) is 1.60. The predicted octanol–water partition coefficient (Wildman–Crippen LogP) is 2.78. The van der Waals surface area contributed by atoms with Gasteiger partial charge in [-0.25, -0.2) is 0 Å². The van der Waals surface area contributed by atoms with Crippen molar-refractivity contribution in [3.8, 4) is 0 Å². The highest BCUT2D eigenvalue weighted by Gasteiger charge is 2.01. The van der Waals surface area contributed by atoms with Gasteiger partial charge in [-0.3, -0.25) is 4.79 Å². The number of carbonyl (C=O) groups excluding carboxylic acids is 1. The third-order valence-electron chi connectivity index (χ3n) is 2.51. The number of hydrogen-bond acceptors (Lipinski definition) is 3. The maximum absolute atomic E-state index is 11.6. The maximum Gasteiger partial charge on any atom is 0.239 e. The van der Waals surface area contributed by atoms with E-state index in [4.69, 9.17) is 0 Å². The van der Waals surface area contributed by atoms with Crippen molar-refractivity contribution in [3.63, 3.8) is 0 Å². The van der Waals surface area contributed by atoms with Crippen LogP contribution in [0, 0.1) is 6.92 Å². The van der Waals surface area contributed by atoms with E-state index < -0.39 is 0 Å². The Morgan fingerprint density at radius 2 is 2.17 bits per heavy atom. The summed E-state index contributed by atoms with van der Waals surface area (Å²) in [6.07, 6.45) is 0. The van der Waals surface area contributed by atoms with E-state index in [0.29, 0.717) is 13.1 Å². The minimum atomic E-state index is 0.00454. The molecule has 1 aromatic carbocycles. The van der Waals surface area contributed by atoms with Crippen LogP contribution in [-0.2, 0) is 11.3 Å². The van der Waals surface area contributed by atoms with Crippen molar-refractivity contribution in [2.75, 3.05) is 11.9 Å². The molecule has 0 unspecified atom stereocenters. The lowest BCUT2D eigenvalue weighted by atomic mass is 10.2. The van der Waals surface area contributed by atoms with Crippen LogP contribution in [0.3, 0.4) is 0 Å². The molecule has 0 saturated carbocycles. The Balaban J connectivity index is 1.75. The molecule has 0 bridgehead atoms. The van der Waals surface area contributed by atoms with E-state index in [1.54, 1.807) is 11.3 Å². The van der Waals surface area contributed by atoms with Crippen LogP contribution >= 0.6 is 11.3 Å². The largest absolute Gasteiger partial charge is 0.376 e. The molecular weight excluding hydrogens is 244 g/mol. The molecule has 0 aliphatic rings. The molecule has 4 heteroatoms. The van der Waals surface area contributed by atoms with Crippen molar-refractivity contribution >= 4 is 22.9 Å². The molecule has 2 N–H and O–H groups in total. The number of carbonyl (C=O) groups is 1. The van der Waals surface area contributed by atoms with Crippen LogP contribution in [0.4, 0.5) is 5.69 Å². The highest BCUT2D eigenvalue weighted by Crippen LogP contribution is 2.09. The van der Waals surface area contributed by atoms with Crippen molar-refractivity contribution in [1.82, 2.24) is 5.32 Å². The van der Waals surface area contributed by atoms with Gasteiger partial charge >= 0.3 is 0 Å². The molecule has 1 aromatic heterocycles. The molecule has 0 saturated heterocycles. The maximum atomic E-state index is 11.6. The minimum absolute atomic E-state index is 0.00454. The number of anilines is 1. The van der Waals surface area contributed by atoms with Gasteiger partial charge in [0.25, 0.3) is 0 Å². The molecule has 0 radical (unpaired) electrons. The van der Waals surface area contributed by atoms with Crippen LogP contribution in [-0.4, -0.2) is 12.5 Å². The number of benzene rings is 1. The van der Waals surface area contributed by atoms with Gasteiger partial charge in [0.15, 0.2) is 0 Å². The van der Waals surface area contributed by atoms with Crippen LogP contribution in [0.2, 0.25) is 0 Å². The molecule has 0 atom stereocenters. The van der Waals surface area contributed by atoms with E-state index in [9.17, 15) is 4.79 Å². The van der Waals surface area contributed by atoms with Crippen LogP contribution in [0.25, 0.3) is 0 Å². The van der Waals surface area contributed by atoms with Crippen molar-refractivity contribution in [3.05, 3.63) is 52.2 Å². The van der Waals surface area contributed by atoms with E-state index in [2.05, 4.69) is 10.6 Å². The second-order valence-electron chi connectivity index (χ2n) is 4.08. The third kappa shape index (κ3) is 3.89. The summed E-state index contributed by atoms with van der Waals surface area (Å²) in [6.45, 7) is 2.93. The lowest BCUT2D eigenvalue weighted by Crippen LogP contribution is -2.29. The summed E-state index contributed by atoms with van der Waals surface area (Å²) < 4.78 is 0. The van der Waals surface area contributed by atoms with Crippen LogP contribution in [0.15, 0.2) is 41.8 Å². The Hall–Kier alpha value is -1.81. The zero-order valence-electron chi connectivity index (χ0n) is 10.3. The van der Waals surface area contributed by atoms with E-state index in [1.165, 1.54) is 10.4 Å². The van der Waals surface area contributed by atoms with Crippen LogP contribution in [0.5, 0.6) is 0 Å². The summed E-state index contributed by atoms with van der Waals surface area (Å²) in [7, 11) is 0. The smallest absolute Gasteiger partial charge is 0.239 e. The summed E-state index contributed by atoms with van der Waals surface area (Å²) >= 11 is 1.65. The first-order chi connectivity index (χ1) is 8.74. The molecule has 2 rings (SSSR count). The third-order valence-corrected chi connectivity index (χ3v) is 3.39. The topological polar surface area (TPSA) is 41.1 Å². The Morgan fingerprint density at radius 1 is 1.28 bits per heavy atom. The molecule has 0 aliphatic carbocycles. The second kappa shape index (κ2) is 6.21. The van der Waals surface area contributed by atoms with E-state index in [1.807, 2.05) is 48.7 Å². The van der Waals surface area contributed by atoms with Gasteiger partial charge in [0, 0.05) is 10.6 Å². The number of amides is 1. The molecule has 0 fully saturated rings. The quantitative estimate of drug-likeness (QED) is 0.868. The SMILES string of the molecule is Cc1cccc(NCC(=O)NCc2cccs2)c1. The Morgan fingerprint density at radius 3 is 2.89 bits per heavy atom. The highest BCUT2D eigenvalue weighted by atomic mass is 32.1. The predicted molar refractivity (Wildman–Crippen MR) is 75.8 cm³/mol. The number of nitrogens with one attached hydrogen (secondary N) is 2. The fraction of sp³-hybridized carbons (Fsp3) is 0.214. The van der Waals surface area contributed by atoms with Gasteiger partial charge < -0.3 is 10.6 Å². The van der Waals surface area contributed by atoms with Gasteiger partial charge in [0.1, 0.15) is 0 Å². The summed E-state index contributed by atoms with van der Waals surface area (Å²) in [5.41, 5.74) is 2.15. The second-order valence-corrected chi connectivity index (χ2v) is 5.11. The standard InChI is InChI=1S/C14H16N2OS/c1-11-4-2-5-12(8-11)15-10-14(17)16-9-13-6-3-7-18-13/h2-8,15H,9-10H2,1H3,(H,16,17). The summed E-state index contributed by atoms with van der Waals surface area (Å²) in [4.78, 5) is 12.8. The first-order valence-corrected chi connectivity index (χ1v) is 6.71. The van der Waals surface area contributed by atoms with E-state index in [-0.39, 0.29) is 5.91 Å². The Labute approximate surface area is 111 Å². The molecular formula is C14H16N2OS. The first kappa shape index (κ1) is 12.6. The number of hydrogen-bond donors (Lipinski definition) is 2. The number of aryl methyl sites for hydroxylation is 1. The molecule has 94 valence electrons. The lowest BCUT2D eigenvalue weighted by Gasteiger charge is -2.07. The van der Waals surface area contributed by atoms with Gasteiger partial charge in [-0.1, -0.05) is 18.2 Å². The molecule has 0 spiro atoms. The zero-order chi connectivity index (χ0) is 12.8. The molecule has 0 aliphatic heterocycles. The molecule has 2 aromatic rings.